The van der Waals surface area contributed by atoms with Crippen molar-refractivity contribution in [2.45, 2.75) is 38.3 Å². The summed E-state index contributed by atoms with van der Waals surface area (Å²) in [5, 5.41) is 3.16. The number of nitrogens with one attached hydrogen (secondary N) is 1. The first kappa shape index (κ1) is 19.8. The summed E-state index contributed by atoms with van der Waals surface area (Å²) in [6.45, 7) is 4.93. The second-order valence-electron chi connectivity index (χ2n) is 8.09. The molecule has 29 heavy (non-hydrogen) atoms. The van der Waals surface area contributed by atoms with E-state index in [4.69, 9.17) is 4.74 Å². The van der Waals surface area contributed by atoms with Crippen LogP contribution in [0.4, 0.5) is 5.69 Å². The molecule has 5 nitrogen and oxygen atoms in total. The number of piperazine rings is 1. The van der Waals surface area contributed by atoms with Crippen molar-refractivity contribution >= 4 is 11.6 Å². The van der Waals surface area contributed by atoms with E-state index in [0.29, 0.717) is 6.04 Å². The molecule has 2 fully saturated rings. The maximum atomic E-state index is 12.4. The molecule has 2 aromatic rings. The fraction of sp³-hybridized carbons (Fsp3) is 0.458. The molecule has 4 rings (SSSR count). The van der Waals surface area contributed by atoms with Gasteiger partial charge in [0.25, 0.3) is 5.91 Å². The third kappa shape index (κ3) is 4.91. The Kier molecular flexibility index (Phi) is 6.35. The average molecular weight is 394 g/mol. The number of anilines is 1. The zero-order chi connectivity index (χ0) is 20.1. The lowest BCUT2D eigenvalue weighted by Crippen LogP contribution is -2.46. The zero-order valence-corrected chi connectivity index (χ0v) is 17.3. The largest absolute Gasteiger partial charge is 0.495 e. The Morgan fingerprint density at radius 1 is 1.00 bits per heavy atom. The summed E-state index contributed by atoms with van der Waals surface area (Å²) in [6, 6.07) is 16.7. The van der Waals surface area contributed by atoms with Gasteiger partial charge in [0.05, 0.1) is 12.8 Å². The number of hydrogen-bond donors (Lipinski definition) is 1. The molecule has 0 spiro atoms. The van der Waals surface area contributed by atoms with Crippen LogP contribution in [0.2, 0.25) is 0 Å². The van der Waals surface area contributed by atoms with E-state index in [2.05, 4.69) is 39.4 Å². The van der Waals surface area contributed by atoms with Gasteiger partial charge in [-0.1, -0.05) is 37.1 Å². The van der Waals surface area contributed by atoms with Crippen LogP contribution < -0.4 is 15.0 Å². The number of methoxy groups -OCH3 is 1. The topological polar surface area (TPSA) is 44.8 Å². The predicted molar refractivity (Wildman–Crippen MR) is 117 cm³/mol. The van der Waals surface area contributed by atoms with Gasteiger partial charge in [0.15, 0.2) is 0 Å². The molecule has 154 valence electrons. The van der Waals surface area contributed by atoms with Gasteiger partial charge in [0.2, 0.25) is 0 Å². The van der Waals surface area contributed by atoms with Gasteiger partial charge in [-0.05, 0) is 42.7 Å². The second kappa shape index (κ2) is 9.31. The van der Waals surface area contributed by atoms with E-state index in [1.807, 2.05) is 24.3 Å². The standard InChI is InChI=1S/C24H31N3O2/c1-29-23-9-5-4-8-22(23)27-16-14-26(15-17-27)18-19-10-12-20(13-11-19)24(28)25-21-6-2-3-7-21/h4-5,8-13,21H,2-3,6-7,14-18H2,1H3,(H,25,28). The smallest absolute Gasteiger partial charge is 0.251 e. The van der Waals surface area contributed by atoms with Crippen LogP contribution in [-0.2, 0) is 6.54 Å². The number of carbonyl (C=O) groups is 1. The molecule has 5 heteroatoms. The summed E-state index contributed by atoms with van der Waals surface area (Å²) in [4.78, 5) is 17.3. The molecule has 1 N–H and O–H groups in total. The van der Waals surface area contributed by atoms with Crippen LogP contribution in [-0.4, -0.2) is 50.1 Å². The van der Waals surface area contributed by atoms with Gasteiger partial charge in [-0.2, -0.15) is 0 Å². The minimum absolute atomic E-state index is 0.0638. The molecule has 0 unspecified atom stereocenters. The van der Waals surface area contributed by atoms with Crippen molar-refractivity contribution in [3.63, 3.8) is 0 Å². The van der Waals surface area contributed by atoms with Crippen LogP contribution in [0, 0.1) is 0 Å². The summed E-state index contributed by atoms with van der Waals surface area (Å²) in [7, 11) is 1.73. The first-order chi connectivity index (χ1) is 14.2. The summed E-state index contributed by atoms with van der Waals surface area (Å²) in [5.74, 6) is 1.00. The first-order valence-electron chi connectivity index (χ1n) is 10.7. The number of amides is 1. The summed E-state index contributed by atoms with van der Waals surface area (Å²) >= 11 is 0. The highest BCUT2D eigenvalue weighted by molar-refractivity contribution is 5.94. The molecule has 1 heterocycles. The molecule has 1 saturated heterocycles. The first-order valence-corrected chi connectivity index (χ1v) is 10.7. The maximum absolute atomic E-state index is 12.4. The number of para-hydroxylation sites is 2. The lowest BCUT2D eigenvalue weighted by Gasteiger charge is -2.36. The molecule has 0 atom stereocenters. The molecular formula is C24H31N3O2. The molecule has 0 radical (unpaired) electrons. The summed E-state index contributed by atoms with van der Waals surface area (Å²) in [5.41, 5.74) is 3.20. The quantitative estimate of drug-likeness (QED) is 0.813. The van der Waals surface area contributed by atoms with Crippen molar-refractivity contribution in [1.29, 1.82) is 0 Å². The Bertz CT molecular complexity index is 807. The highest BCUT2D eigenvalue weighted by Crippen LogP contribution is 2.28. The number of hydrogen-bond acceptors (Lipinski definition) is 4. The molecular weight excluding hydrogens is 362 g/mol. The Labute approximate surface area is 173 Å². The Morgan fingerprint density at radius 2 is 1.69 bits per heavy atom. The molecule has 1 aliphatic carbocycles. The normalized spacial score (nSPS) is 18.0. The number of nitrogens with zero attached hydrogens (tertiary/aromatic N) is 2. The van der Waals surface area contributed by atoms with Crippen LogP contribution >= 0.6 is 0 Å². The van der Waals surface area contributed by atoms with Crippen molar-refractivity contribution in [1.82, 2.24) is 10.2 Å². The van der Waals surface area contributed by atoms with E-state index in [-0.39, 0.29) is 5.91 Å². The van der Waals surface area contributed by atoms with Crippen molar-refractivity contribution in [3.05, 3.63) is 59.7 Å². The van der Waals surface area contributed by atoms with E-state index in [0.717, 1.165) is 56.9 Å². The van der Waals surface area contributed by atoms with Crippen molar-refractivity contribution < 1.29 is 9.53 Å². The van der Waals surface area contributed by atoms with E-state index in [9.17, 15) is 4.79 Å². The Balaban J connectivity index is 1.28. The van der Waals surface area contributed by atoms with Crippen LogP contribution in [0.15, 0.2) is 48.5 Å². The van der Waals surface area contributed by atoms with E-state index in [1.165, 1.54) is 24.1 Å². The van der Waals surface area contributed by atoms with Gasteiger partial charge in [-0.3, -0.25) is 9.69 Å². The highest BCUT2D eigenvalue weighted by atomic mass is 16.5. The van der Waals surface area contributed by atoms with Crippen molar-refractivity contribution in [2.24, 2.45) is 0 Å². The van der Waals surface area contributed by atoms with Gasteiger partial charge in [-0.15, -0.1) is 0 Å². The van der Waals surface area contributed by atoms with Crippen LogP contribution in [0.25, 0.3) is 0 Å². The maximum Gasteiger partial charge on any atom is 0.251 e. The van der Waals surface area contributed by atoms with Crippen molar-refractivity contribution in [3.8, 4) is 5.75 Å². The summed E-state index contributed by atoms with van der Waals surface area (Å²) < 4.78 is 5.51. The van der Waals surface area contributed by atoms with Gasteiger partial charge in [-0.25, -0.2) is 0 Å². The molecule has 1 saturated carbocycles. The molecule has 2 aromatic carbocycles. The van der Waals surface area contributed by atoms with Gasteiger partial charge < -0.3 is 15.0 Å². The van der Waals surface area contributed by atoms with Crippen LogP contribution in [0.5, 0.6) is 5.75 Å². The van der Waals surface area contributed by atoms with Gasteiger partial charge in [0, 0.05) is 44.3 Å². The molecule has 0 aromatic heterocycles. The minimum atomic E-state index is 0.0638. The number of carbonyl (C=O) groups excluding carboxylic acids is 1. The van der Waals surface area contributed by atoms with E-state index < -0.39 is 0 Å². The number of rotatable bonds is 6. The van der Waals surface area contributed by atoms with Gasteiger partial charge in [0.1, 0.15) is 5.75 Å². The SMILES string of the molecule is COc1ccccc1N1CCN(Cc2ccc(C(=O)NC3CCCC3)cc2)CC1. The molecule has 0 bridgehead atoms. The fourth-order valence-corrected chi connectivity index (χ4v) is 4.40. The minimum Gasteiger partial charge on any atom is -0.495 e. The molecule has 1 amide bonds. The van der Waals surface area contributed by atoms with E-state index >= 15 is 0 Å². The second-order valence-corrected chi connectivity index (χ2v) is 8.09. The van der Waals surface area contributed by atoms with Crippen molar-refractivity contribution in [2.75, 3.05) is 38.2 Å². The molecule has 2 aliphatic rings. The predicted octanol–water partition coefficient (Wildman–Crippen LogP) is 3.69. The number of benzene rings is 2. The van der Waals surface area contributed by atoms with Gasteiger partial charge >= 0.3 is 0 Å². The van der Waals surface area contributed by atoms with Crippen LogP contribution in [0.3, 0.4) is 0 Å². The third-order valence-corrected chi connectivity index (χ3v) is 6.11. The lowest BCUT2D eigenvalue weighted by atomic mass is 10.1. The monoisotopic (exact) mass is 393 g/mol. The van der Waals surface area contributed by atoms with E-state index in [1.54, 1.807) is 7.11 Å². The number of ether oxygens (including phenoxy) is 1. The summed E-state index contributed by atoms with van der Waals surface area (Å²) in [6.07, 6.45) is 4.69. The third-order valence-electron chi connectivity index (χ3n) is 6.11. The Morgan fingerprint density at radius 3 is 2.38 bits per heavy atom. The Hall–Kier alpha value is -2.53. The highest BCUT2D eigenvalue weighted by Gasteiger charge is 2.20. The fourth-order valence-electron chi connectivity index (χ4n) is 4.40. The average Bonchev–Trinajstić information content (AvgIpc) is 3.28. The zero-order valence-electron chi connectivity index (χ0n) is 17.3. The lowest BCUT2D eigenvalue weighted by molar-refractivity contribution is 0.0938. The molecule has 1 aliphatic heterocycles. The van der Waals surface area contributed by atoms with Crippen LogP contribution in [0.1, 0.15) is 41.6 Å².